The van der Waals surface area contributed by atoms with Crippen molar-refractivity contribution in [3.05, 3.63) is 34.9 Å². The Morgan fingerprint density at radius 3 is 2.65 bits per heavy atom. The molecule has 0 aromatic heterocycles. The van der Waals surface area contributed by atoms with Gasteiger partial charge in [-0.1, -0.05) is 23.7 Å². The molecule has 1 saturated heterocycles. The van der Waals surface area contributed by atoms with E-state index in [0.29, 0.717) is 18.1 Å². The first-order valence-electron chi connectivity index (χ1n) is 7.88. The molecular formula is C17H23ClN2O3. The van der Waals surface area contributed by atoms with Gasteiger partial charge in [0.2, 0.25) is 11.8 Å². The van der Waals surface area contributed by atoms with Gasteiger partial charge >= 0.3 is 0 Å². The van der Waals surface area contributed by atoms with Crippen molar-refractivity contribution in [2.75, 3.05) is 13.2 Å². The van der Waals surface area contributed by atoms with Crippen LogP contribution in [0.25, 0.3) is 0 Å². The highest BCUT2D eigenvalue weighted by atomic mass is 35.5. The number of rotatable bonds is 6. The first-order valence-corrected chi connectivity index (χ1v) is 8.26. The van der Waals surface area contributed by atoms with Crippen LogP contribution < -0.4 is 5.32 Å². The van der Waals surface area contributed by atoms with E-state index in [1.165, 1.54) is 6.92 Å². The van der Waals surface area contributed by atoms with E-state index in [9.17, 15) is 9.59 Å². The highest BCUT2D eigenvalue weighted by Gasteiger charge is 2.25. The van der Waals surface area contributed by atoms with Crippen molar-refractivity contribution in [3.63, 3.8) is 0 Å². The van der Waals surface area contributed by atoms with Crippen molar-refractivity contribution < 1.29 is 14.3 Å². The number of hydrogen-bond donors (Lipinski definition) is 1. The topological polar surface area (TPSA) is 58.6 Å². The molecule has 5 nitrogen and oxygen atoms in total. The predicted octanol–water partition coefficient (Wildman–Crippen LogP) is 2.37. The summed E-state index contributed by atoms with van der Waals surface area (Å²) >= 11 is 5.87. The molecule has 0 spiro atoms. The summed E-state index contributed by atoms with van der Waals surface area (Å²) in [6.45, 7) is 4.84. The van der Waals surface area contributed by atoms with Crippen LogP contribution in [0.2, 0.25) is 5.02 Å². The van der Waals surface area contributed by atoms with Gasteiger partial charge in [-0.2, -0.15) is 0 Å². The van der Waals surface area contributed by atoms with Crippen LogP contribution in [0.3, 0.4) is 0 Å². The van der Waals surface area contributed by atoms with E-state index in [4.69, 9.17) is 16.3 Å². The molecule has 1 aromatic rings. The van der Waals surface area contributed by atoms with Crippen LogP contribution in [0.4, 0.5) is 0 Å². The van der Waals surface area contributed by atoms with Crippen LogP contribution in [0.15, 0.2) is 24.3 Å². The normalized spacial score (nSPS) is 18.5. The maximum Gasteiger partial charge on any atom is 0.242 e. The Labute approximate surface area is 141 Å². The number of nitrogens with zero attached hydrogens (tertiary/aromatic N) is 1. The zero-order valence-electron chi connectivity index (χ0n) is 13.5. The fourth-order valence-corrected chi connectivity index (χ4v) is 2.74. The summed E-state index contributed by atoms with van der Waals surface area (Å²) < 4.78 is 5.49. The Balaban J connectivity index is 1.93. The lowest BCUT2D eigenvalue weighted by atomic mass is 10.1. The molecule has 6 heteroatoms. The molecule has 1 aromatic carbocycles. The van der Waals surface area contributed by atoms with E-state index in [-0.39, 0.29) is 17.9 Å². The van der Waals surface area contributed by atoms with Gasteiger partial charge in [0.25, 0.3) is 0 Å². The SMILES string of the molecule is CC(=O)N(Cc1ccc(Cl)cc1)[C@@H](C)C(=O)NC[C@H]1CCCO1. The highest BCUT2D eigenvalue weighted by Crippen LogP contribution is 2.14. The Hall–Kier alpha value is -1.59. The summed E-state index contributed by atoms with van der Waals surface area (Å²) in [5.74, 6) is -0.302. The van der Waals surface area contributed by atoms with Crippen LogP contribution >= 0.6 is 11.6 Å². The van der Waals surface area contributed by atoms with Crippen LogP contribution in [-0.4, -0.2) is 42.0 Å². The molecule has 1 aliphatic heterocycles. The Morgan fingerprint density at radius 1 is 1.39 bits per heavy atom. The maximum absolute atomic E-state index is 12.3. The van der Waals surface area contributed by atoms with Crippen molar-refractivity contribution in [2.24, 2.45) is 0 Å². The van der Waals surface area contributed by atoms with Gasteiger partial charge in [-0.25, -0.2) is 0 Å². The highest BCUT2D eigenvalue weighted by molar-refractivity contribution is 6.30. The van der Waals surface area contributed by atoms with Gasteiger partial charge in [-0.05, 0) is 37.5 Å². The fourth-order valence-electron chi connectivity index (χ4n) is 2.62. The molecule has 1 heterocycles. The summed E-state index contributed by atoms with van der Waals surface area (Å²) in [4.78, 5) is 25.8. The van der Waals surface area contributed by atoms with Gasteiger partial charge in [0.05, 0.1) is 6.10 Å². The Morgan fingerprint density at radius 2 is 2.09 bits per heavy atom. The van der Waals surface area contributed by atoms with E-state index in [0.717, 1.165) is 25.0 Å². The number of amides is 2. The van der Waals surface area contributed by atoms with Crippen LogP contribution in [0.5, 0.6) is 0 Å². The molecule has 1 fully saturated rings. The molecule has 0 aliphatic carbocycles. The average molecular weight is 339 g/mol. The third-order valence-electron chi connectivity index (χ3n) is 4.05. The number of carbonyl (C=O) groups excluding carboxylic acids is 2. The van der Waals surface area contributed by atoms with Gasteiger partial charge in [-0.15, -0.1) is 0 Å². The van der Waals surface area contributed by atoms with Gasteiger partial charge in [-0.3, -0.25) is 9.59 Å². The molecule has 1 N–H and O–H groups in total. The lowest BCUT2D eigenvalue weighted by Gasteiger charge is -2.28. The third kappa shape index (κ3) is 5.22. The smallest absolute Gasteiger partial charge is 0.242 e. The van der Waals surface area contributed by atoms with Crippen molar-refractivity contribution in [1.82, 2.24) is 10.2 Å². The molecule has 0 bridgehead atoms. The maximum atomic E-state index is 12.3. The van der Waals surface area contributed by atoms with E-state index < -0.39 is 6.04 Å². The monoisotopic (exact) mass is 338 g/mol. The minimum absolute atomic E-state index is 0.0909. The molecule has 23 heavy (non-hydrogen) atoms. The third-order valence-corrected chi connectivity index (χ3v) is 4.30. The molecule has 1 aliphatic rings. The van der Waals surface area contributed by atoms with Gasteiger partial charge in [0.15, 0.2) is 0 Å². The van der Waals surface area contributed by atoms with Crippen LogP contribution in [-0.2, 0) is 20.9 Å². The van der Waals surface area contributed by atoms with Crippen molar-refractivity contribution in [3.8, 4) is 0 Å². The molecule has 2 rings (SSSR count). The van der Waals surface area contributed by atoms with Gasteiger partial charge in [0.1, 0.15) is 6.04 Å². The zero-order valence-corrected chi connectivity index (χ0v) is 14.3. The molecule has 0 radical (unpaired) electrons. The van der Waals surface area contributed by atoms with E-state index in [1.807, 2.05) is 12.1 Å². The van der Waals surface area contributed by atoms with Crippen LogP contribution in [0.1, 0.15) is 32.3 Å². The number of halogens is 1. The van der Waals surface area contributed by atoms with Crippen molar-refractivity contribution in [2.45, 2.75) is 45.4 Å². The summed E-state index contributed by atoms with van der Waals surface area (Å²) in [7, 11) is 0. The lowest BCUT2D eigenvalue weighted by Crippen LogP contribution is -2.48. The molecular weight excluding hydrogens is 316 g/mol. The molecule has 2 amide bonds. The number of nitrogens with one attached hydrogen (secondary N) is 1. The second-order valence-electron chi connectivity index (χ2n) is 5.83. The summed E-state index contributed by atoms with van der Waals surface area (Å²) in [6.07, 6.45) is 2.09. The minimum atomic E-state index is -0.537. The minimum Gasteiger partial charge on any atom is -0.376 e. The predicted molar refractivity (Wildman–Crippen MR) is 89.1 cm³/mol. The van der Waals surface area contributed by atoms with E-state index in [1.54, 1.807) is 24.0 Å². The molecule has 0 unspecified atom stereocenters. The van der Waals surface area contributed by atoms with Crippen molar-refractivity contribution >= 4 is 23.4 Å². The largest absolute Gasteiger partial charge is 0.376 e. The first-order chi connectivity index (χ1) is 11.0. The number of hydrogen-bond acceptors (Lipinski definition) is 3. The first kappa shape index (κ1) is 17.8. The number of carbonyl (C=O) groups is 2. The molecule has 126 valence electrons. The average Bonchev–Trinajstić information content (AvgIpc) is 3.04. The summed E-state index contributed by atoms with van der Waals surface area (Å²) in [5.41, 5.74) is 0.934. The van der Waals surface area contributed by atoms with Gasteiger partial charge in [0, 0.05) is 31.6 Å². The zero-order chi connectivity index (χ0) is 16.8. The Kier molecular flexibility index (Phi) is 6.42. The van der Waals surface area contributed by atoms with Gasteiger partial charge < -0.3 is 15.0 Å². The summed E-state index contributed by atoms with van der Waals surface area (Å²) in [5, 5.41) is 3.52. The molecule has 0 saturated carbocycles. The van der Waals surface area contributed by atoms with E-state index in [2.05, 4.69) is 5.32 Å². The Bertz CT molecular complexity index is 541. The lowest BCUT2D eigenvalue weighted by molar-refractivity contribution is -0.139. The van der Waals surface area contributed by atoms with Crippen LogP contribution in [0, 0.1) is 0 Å². The quantitative estimate of drug-likeness (QED) is 0.866. The second kappa shape index (κ2) is 8.31. The standard InChI is InChI=1S/C17H23ClN2O3/c1-12(17(22)19-10-16-4-3-9-23-16)20(13(2)21)11-14-5-7-15(18)8-6-14/h5-8,12,16H,3-4,9-11H2,1-2H3,(H,19,22)/t12-,16+/m0/s1. The fraction of sp³-hybridized carbons (Fsp3) is 0.529. The second-order valence-corrected chi connectivity index (χ2v) is 6.27. The molecule has 2 atom stereocenters. The van der Waals surface area contributed by atoms with Crippen molar-refractivity contribution in [1.29, 1.82) is 0 Å². The number of benzene rings is 1. The van der Waals surface area contributed by atoms with E-state index >= 15 is 0 Å². The number of ether oxygens (including phenoxy) is 1. The summed E-state index contributed by atoms with van der Waals surface area (Å²) in [6, 6.07) is 6.73.